The van der Waals surface area contributed by atoms with E-state index < -0.39 is 17.6 Å². The van der Waals surface area contributed by atoms with Crippen LogP contribution in [0.25, 0.3) is 0 Å². The Labute approximate surface area is 158 Å². The normalized spacial score (nSPS) is 22.1. The summed E-state index contributed by atoms with van der Waals surface area (Å²) in [4.78, 5) is 13.4. The minimum atomic E-state index is -4.88. The van der Waals surface area contributed by atoms with Gasteiger partial charge < -0.3 is 4.90 Å². The second-order valence-electron chi connectivity index (χ2n) is 6.88. The van der Waals surface area contributed by atoms with Crippen molar-refractivity contribution in [3.8, 4) is 0 Å². The number of hydrogen-bond acceptors (Lipinski definition) is 1. The molecule has 0 aromatic heterocycles. The molecule has 1 aliphatic carbocycles. The van der Waals surface area contributed by atoms with E-state index in [0.29, 0.717) is 12.8 Å². The number of benzene rings is 2. The van der Waals surface area contributed by atoms with Crippen molar-refractivity contribution < 1.29 is 18.0 Å². The maximum atomic E-state index is 13.4. The van der Waals surface area contributed by atoms with Crippen molar-refractivity contribution in [2.75, 3.05) is 6.54 Å². The Morgan fingerprint density at radius 3 is 2.46 bits per heavy atom. The van der Waals surface area contributed by atoms with Crippen LogP contribution in [0.15, 0.2) is 46.9 Å². The van der Waals surface area contributed by atoms with Gasteiger partial charge in [0.25, 0.3) is 0 Å². The predicted molar refractivity (Wildman–Crippen MR) is 95.8 cm³/mol. The quantitative estimate of drug-likeness (QED) is 0.585. The lowest BCUT2D eigenvalue weighted by Crippen LogP contribution is -2.51. The predicted octanol–water partition coefficient (Wildman–Crippen LogP) is 4.98. The van der Waals surface area contributed by atoms with E-state index >= 15 is 0 Å². The molecule has 2 nitrogen and oxygen atoms in total. The molecule has 4 rings (SSSR count). The number of aryl methyl sites for hydroxylation is 2. The van der Waals surface area contributed by atoms with Crippen molar-refractivity contribution in [2.24, 2.45) is 0 Å². The second kappa shape index (κ2) is 6.12. The number of carbonyl (C=O) groups excluding carboxylic acids is 1. The van der Waals surface area contributed by atoms with Crippen LogP contribution in [0.5, 0.6) is 0 Å². The molecular weight excluding hydrogens is 407 g/mol. The van der Waals surface area contributed by atoms with Gasteiger partial charge in [-0.2, -0.15) is 13.2 Å². The summed E-state index contributed by atoms with van der Waals surface area (Å²) in [6, 6.07) is 13.4. The molecule has 1 atom stereocenters. The van der Waals surface area contributed by atoms with Gasteiger partial charge in [-0.15, -0.1) is 0 Å². The van der Waals surface area contributed by atoms with Crippen molar-refractivity contribution >= 4 is 21.8 Å². The minimum absolute atomic E-state index is 0.110. The fourth-order valence-electron chi connectivity index (χ4n) is 4.51. The third kappa shape index (κ3) is 2.57. The number of amides is 1. The fourth-order valence-corrected chi connectivity index (χ4v) is 4.88. The zero-order chi connectivity index (χ0) is 18.5. The highest BCUT2D eigenvalue weighted by molar-refractivity contribution is 9.10. The molecule has 1 spiro atoms. The Balaban J connectivity index is 2.02. The zero-order valence-corrected chi connectivity index (χ0v) is 15.5. The van der Waals surface area contributed by atoms with Gasteiger partial charge in [-0.1, -0.05) is 46.3 Å². The highest BCUT2D eigenvalue weighted by Gasteiger charge is 2.55. The summed E-state index contributed by atoms with van der Waals surface area (Å²) in [5.74, 6) is -1.75. The van der Waals surface area contributed by atoms with Gasteiger partial charge in [0.05, 0.1) is 5.54 Å². The molecule has 1 amide bonds. The molecule has 2 aromatic rings. The first-order valence-corrected chi connectivity index (χ1v) is 9.39. The molecular formula is C20H17BrF3NO. The Morgan fingerprint density at radius 1 is 1.04 bits per heavy atom. The van der Waals surface area contributed by atoms with Crippen molar-refractivity contribution in [1.29, 1.82) is 0 Å². The van der Waals surface area contributed by atoms with E-state index in [9.17, 15) is 18.0 Å². The summed E-state index contributed by atoms with van der Waals surface area (Å²) in [5.41, 5.74) is 2.60. The monoisotopic (exact) mass is 423 g/mol. The Bertz CT molecular complexity index is 880. The zero-order valence-electron chi connectivity index (χ0n) is 13.9. The van der Waals surface area contributed by atoms with E-state index in [0.717, 1.165) is 44.5 Å². The van der Waals surface area contributed by atoms with Crippen LogP contribution in [0, 0.1) is 0 Å². The Hall–Kier alpha value is -1.82. The summed E-state index contributed by atoms with van der Waals surface area (Å²) >= 11 is 3.46. The summed E-state index contributed by atoms with van der Waals surface area (Å²) in [6.07, 6.45) is -2.35. The largest absolute Gasteiger partial charge is 0.471 e. The first-order chi connectivity index (χ1) is 12.3. The maximum absolute atomic E-state index is 13.4. The summed E-state index contributed by atoms with van der Waals surface area (Å²) in [5, 5.41) is 0. The van der Waals surface area contributed by atoms with E-state index in [-0.39, 0.29) is 6.54 Å². The first-order valence-electron chi connectivity index (χ1n) is 8.60. The average molecular weight is 424 g/mol. The van der Waals surface area contributed by atoms with Crippen LogP contribution in [0.1, 0.15) is 35.1 Å². The molecule has 2 aliphatic rings. The Kier molecular flexibility index (Phi) is 4.14. The van der Waals surface area contributed by atoms with Crippen LogP contribution >= 0.6 is 15.9 Å². The minimum Gasteiger partial charge on any atom is -0.321 e. The van der Waals surface area contributed by atoms with Crippen LogP contribution in [0.4, 0.5) is 13.2 Å². The molecule has 26 heavy (non-hydrogen) atoms. The third-order valence-electron chi connectivity index (χ3n) is 5.51. The fraction of sp³-hybridized carbons (Fsp3) is 0.350. The molecule has 1 heterocycles. The molecule has 0 bridgehead atoms. The summed E-state index contributed by atoms with van der Waals surface area (Å²) in [6.45, 7) is 0.110. The lowest BCUT2D eigenvalue weighted by molar-refractivity contribution is -0.188. The van der Waals surface area contributed by atoms with Crippen molar-refractivity contribution in [3.63, 3.8) is 0 Å². The average Bonchev–Trinajstić information content (AvgIpc) is 2.99. The van der Waals surface area contributed by atoms with Crippen molar-refractivity contribution in [1.82, 2.24) is 4.90 Å². The molecule has 136 valence electrons. The highest BCUT2D eigenvalue weighted by atomic mass is 79.9. The smallest absolute Gasteiger partial charge is 0.321 e. The molecule has 1 saturated heterocycles. The van der Waals surface area contributed by atoms with E-state index in [4.69, 9.17) is 0 Å². The number of nitrogens with zero attached hydrogens (tertiary/aromatic N) is 1. The van der Waals surface area contributed by atoms with Gasteiger partial charge in [0.2, 0.25) is 0 Å². The number of hydrogen-bond donors (Lipinski definition) is 0. The van der Waals surface area contributed by atoms with Gasteiger partial charge in [-0.25, -0.2) is 0 Å². The van der Waals surface area contributed by atoms with Crippen LogP contribution in [-0.4, -0.2) is 23.5 Å². The SMILES string of the molecule is O=C(N1CCCC12c1ccccc1CCc1ccc(Br)cc12)C(F)(F)F. The summed E-state index contributed by atoms with van der Waals surface area (Å²) < 4.78 is 40.9. The van der Waals surface area contributed by atoms with Crippen LogP contribution in [0.3, 0.4) is 0 Å². The molecule has 2 aromatic carbocycles. The molecule has 0 N–H and O–H groups in total. The van der Waals surface area contributed by atoms with Gasteiger partial charge >= 0.3 is 12.1 Å². The lowest BCUT2D eigenvalue weighted by atomic mass is 9.78. The molecule has 1 aliphatic heterocycles. The summed E-state index contributed by atoms with van der Waals surface area (Å²) in [7, 11) is 0. The number of rotatable bonds is 0. The van der Waals surface area contributed by atoms with Gasteiger partial charge in [0.1, 0.15) is 0 Å². The number of likely N-dealkylation sites (tertiary alicyclic amines) is 1. The van der Waals surface area contributed by atoms with Gasteiger partial charge in [0, 0.05) is 11.0 Å². The van der Waals surface area contributed by atoms with Gasteiger partial charge in [-0.05, 0) is 60.1 Å². The first kappa shape index (κ1) is 17.6. The number of carbonyl (C=O) groups is 1. The van der Waals surface area contributed by atoms with Crippen LogP contribution in [-0.2, 0) is 23.2 Å². The number of alkyl halides is 3. The lowest BCUT2D eigenvalue weighted by Gasteiger charge is -2.41. The molecule has 1 fully saturated rings. The van der Waals surface area contributed by atoms with E-state index in [1.54, 1.807) is 0 Å². The van der Waals surface area contributed by atoms with Crippen molar-refractivity contribution in [2.45, 2.75) is 37.4 Å². The van der Waals surface area contributed by atoms with Crippen LogP contribution in [0.2, 0.25) is 0 Å². The van der Waals surface area contributed by atoms with E-state index in [1.807, 2.05) is 42.5 Å². The molecule has 0 saturated carbocycles. The van der Waals surface area contributed by atoms with E-state index in [2.05, 4.69) is 15.9 Å². The third-order valence-corrected chi connectivity index (χ3v) is 6.01. The molecule has 6 heteroatoms. The van der Waals surface area contributed by atoms with Gasteiger partial charge in [-0.3, -0.25) is 4.79 Å². The van der Waals surface area contributed by atoms with Crippen molar-refractivity contribution in [3.05, 3.63) is 69.2 Å². The topological polar surface area (TPSA) is 20.3 Å². The maximum Gasteiger partial charge on any atom is 0.471 e. The molecule has 0 radical (unpaired) electrons. The van der Waals surface area contributed by atoms with Gasteiger partial charge in [0.15, 0.2) is 0 Å². The van der Waals surface area contributed by atoms with Crippen LogP contribution < -0.4 is 0 Å². The molecule has 1 unspecified atom stereocenters. The standard InChI is InChI=1S/C20H17BrF3NO/c21-15-9-8-14-7-6-13-4-1-2-5-16(13)19(17(14)12-15)10-3-11-25(19)18(26)20(22,23)24/h1-2,4-5,8-9,12H,3,6-7,10-11H2. The number of fused-ring (bicyclic) bond motifs is 4. The number of halogens is 4. The highest BCUT2D eigenvalue weighted by Crippen LogP contribution is 2.50. The Morgan fingerprint density at radius 2 is 1.73 bits per heavy atom. The van der Waals surface area contributed by atoms with E-state index in [1.165, 1.54) is 0 Å². The second-order valence-corrected chi connectivity index (χ2v) is 7.79.